The number of aromatic nitrogens is 3. The van der Waals surface area contributed by atoms with Crippen LogP contribution in [-0.4, -0.2) is 14.5 Å². The minimum Gasteiger partial charge on any atom is -0.452 e. The van der Waals surface area contributed by atoms with Crippen molar-refractivity contribution >= 4 is 65.4 Å². The van der Waals surface area contributed by atoms with E-state index in [0.717, 1.165) is 51.7 Å². The Morgan fingerprint density at radius 1 is 0.517 bits per heavy atom. The molecule has 11 aromatic rings. The molecule has 13 rings (SSSR count). The van der Waals surface area contributed by atoms with Crippen LogP contribution in [0.25, 0.3) is 105 Å². The molecule has 2 aliphatic rings. The summed E-state index contributed by atoms with van der Waals surface area (Å²) in [5, 5.41) is 8.61. The second-order valence-electron chi connectivity index (χ2n) is 16.3. The van der Waals surface area contributed by atoms with E-state index in [4.69, 9.17) is 14.4 Å². The van der Waals surface area contributed by atoms with E-state index in [9.17, 15) is 0 Å². The second kappa shape index (κ2) is 12.0. The summed E-state index contributed by atoms with van der Waals surface area (Å²) in [6.07, 6.45) is 6.02. The number of rotatable bonds is 3. The molecule has 4 heteroatoms. The third-order valence-electron chi connectivity index (χ3n) is 13.4. The van der Waals surface area contributed by atoms with Crippen molar-refractivity contribution in [1.29, 1.82) is 0 Å². The third-order valence-corrected chi connectivity index (χ3v) is 13.4. The van der Waals surface area contributed by atoms with E-state index < -0.39 is 0 Å². The van der Waals surface area contributed by atoms with Crippen LogP contribution in [0.3, 0.4) is 0 Å². The SMILES string of the molecule is c1ccc(-c2ccc(-c3nc(-n4c5ccc6ccccc6c5c5c6c(c7ccccc7c54)-c4ccccc4C64CCCCC4)nc4c3oc3ccccc34)cc2)cc1. The molecule has 0 bridgehead atoms. The van der Waals surface area contributed by atoms with Gasteiger partial charge in [-0.2, -0.15) is 0 Å². The van der Waals surface area contributed by atoms with Gasteiger partial charge < -0.3 is 4.42 Å². The highest BCUT2D eigenvalue weighted by Crippen LogP contribution is 2.61. The van der Waals surface area contributed by atoms with Crippen molar-refractivity contribution in [3.8, 4) is 39.5 Å². The number of fused-ring (bicyclic) bond motifs is 17. The number of hydrogen-bond acceptors (Lipinski definition) is 3. The zero-order valence-corrected chi connectivity index (χ0v) is 31.9. The molecule has 2 aliphatic carbocycles. The first-order chi connectivity index (χ1) is 28.8. The molecule has 0 unspecified atom stereocenters. The van der Waals surface area contributed by atoms with Crippen LogP contribution < -0.4 is 0 Å². The van der Waals surface area contributed by atoms with Crippen LogP contribution >= 0.6 is 0 Å². The van der Waals surface area contributed by atoms with Crippen LogP contribution in [0.4, 0.5) is 0 Å². The molecule has 4 nitrogen and oxygen atoms in total. The molecule has 0 saturated heterocycles. The maximum Gasteiger partial charge on any atom is 0.236 e. The number of nitrogens with zero attached hydrogens (tertiary/aromatic N) is 3. The molecule has 0 N–H and O–H groups in total. The number of benzene rings is 8. The van der Waals surface area contributed by atoms with Crippen molar-refractivity contribution in [1.82, 2.24) is 14.5 Å². The molecular formula is C54H37N3O. The number of hydrogen-bond donors (Lipinski definition) is 0. The second-order valence-corrected chi connectivity index (χ2v) is 16.3. The summed E-state index contributed by atoms with van der Waals surface area (Å²) in [7, 11) is 0. The predicted molar refractivity (Wildman–Crippen MR) is 239 cm³/mol. The fourth-order valence-corrected chi connectivity index (χ4v) is 10.9. The van der Waals surface area contributed by atoms with Gasteiger partial charge in [0.15, 0.2) is 5.58 Å². The Morgan fingerprint density at radius 3 is 2.03 bits per heavy atom. The summed E-state index contributed by atoms with van der Waals surface area (Å²) in [6, 6.07) is 59.3. The summed E-state index contributed by atoms with van der Waals surface area (Å²) >= 11 is 0. The zero-order valence-electron chi connectivity index (χ0n) is 31.9. The summed E-state index contributed by atoms with van der Waals surface area (Å²) in [6.45, 7) is 0. The monoisotopic (exact) mass is 743 g/mol. The van der Waals surface area contributed by atoms with Gasteiger partial charge in [-0.1, -0.05) is 165 Å². The Labute approximate surface area is 335 Å². The smallest absolute Gasteiger partial charge is 0.236 e. The quantitative estimate of drug-likeness (QED) is 0.181. The molecule has 3 aromatic heterocycles. The lowest BCUT2D eigenvalue weighted by Gasteiger charge is -2.36. The summed E-state index contributed by atoms with van der Waals surface area (Å²) in [5.41, 5.74) is 14.4. The van der Waals surface area contributed by atoms with Crippen molar-refractivity contribution in [3.05, 3.63) is 175 Å². The first-order valence-corrected chi connectivity index (χ1v) is 20.6. The molecule has 0 aliphatic heterocycles. The molecule has 274 valence electrons. The van der Waals surface area contributed by atoms with Gasteiger partial charge in [0.2, 0.25) is 5.95 Å². The Kier molecular flexibility index (Phi) is 6.63. The lowest BCUT2D eigenvalue weighted by Crippen LogP contribution is -2.28. The highest BCUT2D eigenvalue weighted by molar-refractivity contribution is 6.30. The van der Waals surface area contributed by atoms with Crippen LogP contribution in [0.2, 0.25) is 0 Å². The average molecular weight is 744 g/mol. The summed E-state index contributed by atoms with van der Waals surface area (Å²) < 4.78 is 9.06. The van der Waals surface area contributed by atoms with Gasteiger partial charge in [0.1, 0.15) is 16.8 Å². The zero-order chi connectivity index (χ0) is 38.0. The van der Waals surface area contributed by atoms with E-state index in [1.165, 1.54) is 84.9 Å². The lowest BCUT2D eigenvalue weighted by atomic mass is 9.66. The van der Waals surface area contributed by atoms with Crippen LogP contribution in [0.15, 0.2) is 168 Å². The number of furan rings is 1. The fraction of sp³-hybridized carbons (Fsp3) is 0.111. The minimum atomic E-state index is -0.0697. The maximum atomic E-state index is 6.67. The minimum absolute atomic E-state index is 0.0697. The third kappa shape index (κ3) is 4.29. The fourth-order valence-electron chi connectivity index (χ4n) is 10.9. The molecule has 58 heavy (non-hydrogen) atoms. The van der Waals surface area contributed by atoms with Crippen molar-refractivity contribution in [2.24, 2.45) is 0 Å². The Balaban J connectivity index is 1.21. The first kappa shape index (κ1) is 32.1. The molecule has 3 heterocycles. The summed E-state index contributed by atoms with van der Waals surface area (Å²) in [4.78, 5) is 11.1. The van der Waals surface area contributed by atoms with E-state index in [0.29, 0.717) is 11.5 Å². The van der Waals surface area contributed by atoms with Crippen LogP contribution in [0.1, 0.15) is 43.2 Å². The van der Waals surface area contributed by atoms with Crippen molar-refractivity contribution in [3.63, 3.8) is 0 Å². The van der Waals surface area contributed by atoms with Crippen LogP contribution in [0.5, 0.6) is 0 Å². The first-order valence-electron chi connectivity index (χ1n) is 20.6. The van der Waals surface area contributed by atoms with Gasteiger partial charge >= 0.3 is 0 Å². The van der Waals surface area contributed by atoms with E-state index in [1.807, 2.05) is 12.1 Å². The van der Waals surface area contributed by atoms with Crippen LogP contribution in [0, 0.1) is 0 Å². The Hall–Kier alpha value is -7.04. The molecule has 1 saturated carbocycles. The molecule has 1 fully saturated rings. The molecule has 0 amide bonds. The van der Waals surface area contributed by atoms with Crippen molar-refractivity contribution < 1.29 is 4.42 Å². The molecule has 0 radical (unpaired) electrons. The lowest BCUT2D eigenvalue weighted by molar-refractivity contribution is 0.355. The molecule has 8 aromatic carbocycles. The van der Waals surface area contributed by atoms with E-state index in [2.05, 4.69) is 156 Å². The largest absolute Gasteiger partial charge is 0.452 e. The molecule has 1 spiro atoms. The van der Waals surface area contributed by atoms with Crippen molar-refractivity contribution in [2.45, 2.75) is 37.5 Å². The van der Waals surface area contributed by atoms with Gasteiger partial charge in [0, 0.05) is 32.5 Å². The van der Waals surface area contributed by atoms with Gasteiger partial charge in [0.05, 0.1) is 11.0 Å². The van der Waals surface area contributed by atoms with E-state index in [-0.39, 0.29) is 5.41 Å². The number of para-hydroxylation sites is 1. The van der Waals surface area contributed by atoms with Gasteiger partial charge in [0.25, 0.3) is 0 Å². The van der Waals surface area contributed by atoms with Gasteiger partial charge in [-0.15, -0.1) is 0 Å². The topological polar surface area (TPSA) is 43.9 Å². The van der Waals surface area contributed by atoms with Gasteiger partial charge in [-0.05, 0) is 80.6 Å². The summed E-state index contributed by atoms with van der Waals surface area (Å²) in [5.74, 6) is 0.648. The molecule has 0 atom stereocenters. The Morgan fingerprint density at radius 2 is 1.19 bits per heavy atom. The average Bonchev–Trinajstić information content (AvgIpc) is 3.94. The van der Waals surface area contributed by atoms with Crippen LogP contribution in [-0.2, 0) is 5.41 Å². The molecular weight excluding hydrogens is 707 g/mol. The van der Waals surface area contributed by atoms with Crippen molar-refractivity contribution in [2.75, 3.05) is 0 Å². The normalized spacial score (nSPS) is 14.7. The standard InChI is InChI=1S/C54H37N3O/c1-3-15-33(16-4-1)34-25-27-36(28-26-34)49-52-50(41-22-10-12-24-44(41)58-52)56-53(55-49)57-43-30-29-35-17-5-6-18-37(35)46(43)47-48-45(38-19-7-8-20-39(38)51(47)57)40-21-9-11-23-42(40)54(48)31-13-2-14-32-54/h1,3-12,15-30H,2,13-14,31-32H2. The van der Waals surface area contributed by atoms with Gasteiger partial charge in [-0.25, -0.2) is 9.97 Å². The van der Waals surface area contributed by atoms with E-state index >= 15 is 0 Å². The predicted octanol–water partition coefficient (Wildman–Crippen LogP) is 14.3. The highest BCUT2D eigenvalue weighted by Gasteiger charge is 2.46. The Bertz CT molecular complexity index is 3480. The highest BCUT2D eigenvalue weighted by atomic mass is 16.3. The van der Waals surface area contributed by atoms with E-state index in [1.54, 1.807) is 0 Å². The van der Waals surface area contributed by atoms with Gasteiger partial charge in [-0.3, -0.25) is 4.57 Å². The maximum absolute atomic E-state index is 6.67.